The van der Waals surface area contributed by atoms with Gasteiger partial charge in [-0.05, 0) is 24.3 Å². The number of amides is 1. The zero-order valence-electron chi connectivity index (χ0n) is 16.9. The number of halogens is 4. The fourth-order valence-electron chi connectivity index (χ4n) is 3.07. The minimum atomic E-state index is -4.64. The number of carbonyl (C=O) groups is 2. The number of benzene rings is 2. The number of alkyl halides is 3. The van der Waals surface area contributed by atoms with Crippen LogP contribution in [-0.4, -0.2) is 49.7 Å². The van der Waals surface area contributed by atoms with Crippen LogP contribution >= 0.6 is 11.6 Å². The highest BCUT2D eigenvalue weighted by atomic mass is 35.5. The lowest BCUT2D eigenvalue weighted by Gasteiger charge is -2.30. The van der Waals surface area contributed by atoms with Crippen LogP contribution in [0, 0.1) is 10.1 Å². The molecule has 0 aromatic heterocycles. The normalized spacial score (nSPS) is 14.0. The molecule has 1 aliphatic heterocycles. The Morgan fingerprint density at radius 3 is 2.52 bits per heavy atom. The Balaban J connectivity index is 1.73. The standard InChI is InChI=1S/C20H17ClF3N3O6/c21-15-3-1-12(20(22,23)24)9-16(15)25-18(28)11-33-19(29)14-10-13(27(30)31)2-4-17(14)26-5-7-32-8-6-26/h1-4,9-10H,5-8,11H2,(H,25,28). The fourth-order valence-corrected chi connectivity index (χ4v) is 3.24. The number of hydrogen-bond acceptors (Lipinski definition) is 7. The molecule has 1 N–H and O–H groups in total. The summed E-state index contributed by atoms with van der Waals surface area (Å²) >= 11 is 5.83. The first-order valence-corrected chi connectivity index (χ1v) is 9.89. The van der Waals surface area contributed by atoms with Gasteiger partial charge in [-0.1, -0.05) is 11.6 Å². The van der Waals surface area contributed by atoms with Crippen molar-refractivity contribution in [2.24, 2.45) is 0 Å². The van der Waals surface area contributed by atoms with E-state index in [0.29, 0.717) is 38.1 Å². The first-order chi connectivity index (χ1) is 15.6. The van der Waals surface area contributed by atoms with Crippen LogP contribution in [0.4, 0.5) is 30.2 Å². The van der Waals surface area contributed by atoms with Crippen LogP contribution < -0.4 is 10.2 Å². The molecule has 0 spiro atoms. The van der Waals surface area contributed by atoms with Gasteiger partial charge in [0.15, 0.2) is 6.61 Å². The van der Waals surface area contributed by atoms with Crippen molar-refractivity contribution < 1.29 is 37.2 Å². The van der Waals surface area contributed by atoms with Crippen LogP contribution in [0.3, 0.4) is 0 Å². The van der Waals surface area contributed by atoms with E-state index in [4.69, 9.17) is 21.1 Å². The van der Waals surface area contributed by atoms with Crippen LogP contribution in [0.2, 0.25) is 5.02 Å². The van der Waals surface area contributed by atoms with E-state index in [1.807, 2.05) is 0 Å². The molecule has 0 unspecified atom stereocenters. The number of anilines is 2. The van der Waals surface area contributed by atoms with Gasteiger partial charge in [-0.2, -0.15) is 13.2 Å². The molecule has 176 valence electrons. The summed E-state index contributed by atoms with van der Waals surface area (Å²) < 4.78 is 48.9. The number of nitrogens with one attached hydrogen (secondary N) is 1. The molecule has 0 bridgehead atoms. The van der Waals surface area contributed by atoms with Gasteiger partial charge in [-0.15, -0.1) is 0 Å². The van der Waals surface area contributed by atoms with Gasteiger partial charge in [0, 0.05) is 25.2 Å². The first-order valence-electron chi connectivity index (χ1n) is 9.51. The number of rotatable bonds is 6. The highest BCUT2D eigenvalue weighted by Crippen LogP contribution is 2.34. The summed E-state index contributed by atoms with van der Waals surface area (Å²) in [6, 6.07) is 6.07. The average Bonchev–Trinajstić information content (AvgIpc) is 2.78. The van der Waals surface area contributed by atoms with Crippen LogP contribution in [0.1, 0.15) is 15.9 Å². The van der Waals surface area contributed by atoms with Crippen molar-refractivity contribution in [1.29, 1.82) is 0 Å². The number of hydrogen-bond donors (Lipinski definition) is 1. The highest BCUT2D eigenvalue weighted by Gasteiger charge is 2.31. The van der Waals surface area contributed by atoms with E-state index in [-0.39, 0.29) is 22.0 Å². The van der Waals surface area contributed by atoms with Gasteiger partial charge in [0.2, 0.25) is 0 Å². The molecule has 0 radical (unpaired) electrons. The first kappa shape index (κ1) is 24.3. The Morgan fingerprint density at radius 1 is 1.18 bits per heavy atom. The van der Waals surface area contributed by atoms with Crippen LogP contribution in [0.25, 0.3) is 0 Å². The summed E-state index contributed by atoms with van der Waals surface area (Å²) in [5.74, 6) is -1.95. The lowest BCUT2D eigenvalue weighted by Crippen LogP contribution is -2.37. The summed E-state index contributed by atoms with van der Waals surface area (Å²) in [4.78, 5) is 37.0. The van der Waals surface area contributed by atoms with Gasteiger partial charge in [0.05, 0.1) is 45.7 Å². The molecule has 0 saturated carbocycles. The van der Waals surface area contributed by atoms with Gasteiger partial charge in [-0.25, -0.2) is 4.79 Å². The average molecular weight is 488 g/mol. The maximum Gasteiger partial charge on any atom is 0.416 e. The van der Waals surface area contributed by atoms with E-state index in [9.17, 15) is 32.9 Å². The number of ether oxygens (including phenoxy) is 2. The van der Waals surface area contributed by atoms with Gasteiger partial charge >= 0.3 is 12.1 Å². The summed E-state index contributed by atoms with van der Waals surface area (Å²) in [7, 11) is 0. The fraction of sp³-hybridized carbons (Fsp3) is 0.300. The van der Waals surface area contributed by atoms with E-state index in [1.54, 1.807) is 4.90 Å². The largest absolute Gasteiger partial charge is 0.452 e. The van der Waals surface area contributed by atoms with Gasteiger partial charge in [0.25, 0.3) is 11.6 Å². The monoisotopic (exact) mass is 487 g/mol. The van der Waals surface area contributed by atoms with Crippen molar-refractivity contribution in [3.8, 4) is 0 Å². The second-order valence-electron chi connectivity index (χ2n) is 6.87. The quantitative estimate of drug-likeness (QED) is 0.373. The minimum Gasteiger partial charge on any atom is -0.452 e. The molecule has 2 aromatic carbocycles. The Kier molecular flexibility index (Phi) is 7.39. The molecular formula is C20H17ClF3N3O6. The molecule has 1 heterocycles. The summed E-state index contributed by atoms with van der Waals surface area (Å²) in [6.45, 7) is 0.813. The minimum absolute atomic E-state index is 0.129. The number of morpholine rings is 1. The second-order valence-corrected chi connectivity index (χ2v) is 7.28. The maximum atomic E-state index is 12.9. The molecule has 33 heavy (non-hydrogen) atoms. The molecule has 9 nitrogen and oxygen atoms in total. The third-order valence-corrected chi connectivity index (χ3v) is 4.99. The van der Waals surface area contributed by atoms with Crippen molar-refractivity contribution in [3.05, 3.63) is 62.7 Å². The third-order valence-electron chi connectivity index (χ3n) is 4.66. The Bertz CT molecular complexity index is 1070. The van der Waals surface area contributed by atoms with E-state index in [1.165, 1.54) is 12.1 Å². The Hall–Kier alpha value is -3.38. The predicted octanol–water partition coefficient (Wildman–Crippen LogP) is 3.90. The molecule has 13 heteroatoms. The van der Waals surface area contributed by atoms with E-state index < -0.39 is 35.1 Å². The second kappa shape index (κ2) is 10.0. The van der Waals surface area contributed by atoms with Crippen molar-refractivity contribution >= 4 is 40.5 Å². The smallest absolute Gasteiger partial charge is 0.416 e. The number of carbonyl (C=O) groups excluding carboxylic acids is 2. The zero-order valence-corrected chi connectivity index (χ0v) is 17.6. The molecule has 0 atom stereocenters. The molecule has 1 saturated heterocycles. The van der Waals surface area contributed by atoms with Crippen LogP contribution in [0.15, 0.2) is 36.4 Å². The van der Waals surface area contributed by atoms with Crippen molar-refractivity contribution in [2.45, 2.75) is 6.18 Å². The summed E-state index contributed by atoms with van der Waals surface area (Å²) in [5.41, 5.74) is -1.44. The zero-order chi connectivity index (χ0) is 24.2. The van der Waals surface area contributed by atoms with Crippen molar-refractivity contribution in [3.63, 3.8) is 0 Å². The van der Waals surface area contributed by atoms with Gasteiger partial charge in [-0.3, -0.25) is 14.9 Å². The summed E-state index contributed by atoms with van der Waals surface area (Å²) in [5, 5.41) is 13.1. The lowest BCUT2D eigenvalue weighted by molar-refractivity contribution is -0.384. The van der Waals surface area contributed by atoms with Crippen LogP contribution in [0.5, 0.6) is 0 Å². The Morgan fingerprint density at radius 2 is 1.88 bits per heavy atom. The number of nitro benzene ring substituents is 1. The number of nitrogens with zero attached hydrogens (tertiary/aromatic N) is 2. The maximum absolute atomic E-state index is 12.9. The molecule has 2 aromatic rings. The molecule has 0 aliphatic carbocycles. The topological polar surface area (TPSA) is 111 Å². The highest BCUT2D eigenvalue weighted by molar-refractivity contribution is 6.33. The number of non-ortho nitro benzene ring substituents is 1. The molecule has 1 aliphatic rings. The number of nitro groups is 1. The van der Waals surface area contributed by atoms with Crippen molar-refractivity contribution in [2.75, 3.05) is 43.1 Å². The number of esters is 1. The molecule has 1 fully saturated rings. The van der Waals surface area contributed by atoms with Crippen molar-refractivity contribution in [1.82, 2.24) is 0 Å². The molecular weight excluding hydrogens is 471 g/mol. The van der Waals surface area contributed by atoms with E-state index in [0.717, 1.165) is 18.2 Å². The SMILES string of the molecule is O=C(COC(=O)c1cc([N+](=O)[O-])ccc1N1CCOCC1)Nc1cc(C(F)(F)F)ccc1Cl. The third kappa shape index (κ3) is 6.11. The van der Waals surface area contributed by atoms with E-state index >= 15 is 0 Å². The molecule has 1 amide bonds. The van der Waals surface area contributed by atoms with Gasteiger partial charge in [0.1, 0.15) is 0 Å². The lowest BCUT2D eigenvalue weighted by atomic mass is 10.1. The van der Waals surface area contributed by atoms with Gasteiger partial charge < -0.3 is 19.7 Å². The van der Waals surface area contributed by atoms with Crippen LogP contribution in [-0.2, 0) is 20.4 Å². The Labute approximate surface area is 190 Å². The molecule has 3 rings (SSSR count). The predicted molar refractivity (Wildman–Crippen MR) is 111 cm³/mol. The van der Waals surface area contributed by atoms with E-state index in [2.05, 4.69) is 5.32 Å². The summed E-state index contributed by atoms with van der Waals surface area (Å²) in [6.07, 6.45) is -4.64.